The Balaban J connectivity index is 1.38. The summed E-state index contributed by atoms with van der Waals surface area (Å²) in [6, 6.07) is 6.01. The molecule has 0 amide bonds. The topological polar surface area (TPSA) is 30.7 Å². The lowest BCUT2D eigenvalue weighted by molar-refractivity contribution is 0.521. The van der Waals surface area contributed by atoms with Crippen molar-refractivity contribution in [3.05, 3.63) is 36.8 Å². The van der Waals surface area contributed by atoms with Crippen LogP contribution in [0.15, 0.2) is 36.8 Å². The number of rotatable bonds is 18. The van der Waals surface area contributed by atoms with Crippen LogP contribution in [-0.2, 0) is 6.54 Å². The first-order valence-electron chi connectivity index (χ1n) is 12.3. The third-order valence-corrected chi connectivity index (χ3v) is 5.86. The van der Waals surface area contributed by atoms with Crippen LogP contribution in [0.2, 0.25) is 0 Å². The SMILES string of the molecule is CCCCCCCCCCCCCCCCCCn1ccnc1-c1ccccn1. The summed E-state index contributed by atoms with van der Waals surface area (Å²) in [5, 5.41) is 0. The van der Waals surface area contributed by atoms with Crippen molar-refractivity contribution in [2.75, 3.05) is 0 Å². The van der Waals surface area contributed by atoms with E-state index >= 15 is 0 Å². The highest BCUT2D eigenvalue weighted by atomic mass is 15.1. The van der Waals surface area contributed by atoms with Crippen LogP contribution in [0.25, 0.3) is 11.5 Å². The highest BCUT2D eigenvalue weighted by Gasteiger charge is 2.06. The maximum absolute atomic E-state index is 4.48. The molecule has 0 fully saturated rings. The molecule has 162 valence electrons. The number of nitrogens with zero attached hydrogens (tertiary/aromatic N) is 3. The van der Waals surface area contributed by atoms with Crippen molar-refractivity contribution < 1.29 is 0 Å². The van der Waals surface area contributed by atoms with Gasteiger partial charge in [-0.05, 0) is 18.6 Å². The van der Waals surface area contributed by atoms with Gasteiger partial charge in [-0.2, -0.15) is 0 Å². The Kier molecular flexibility index (Phi) is 13.2. The van der Waals surface area contributed by atoms with Crippen LogP contribution in [0, 0.1) is 0 Å². The van der Waals surface area contributed by atoms with E-state index in [0.717, 1.165) is 18.1 Å². The van der Waals surface area contributed by atoms with Gasteiger partial charge in [-0.1, -0.05) is 109 Å². The normalized spacial score (nSPS) is 11.2. The molecular formula is C26H43N3. The van der Waals surface area contributed by atoms with E-state index in [0.29, 0.717) is 0 Å². The van der Waals surface area contributed by atoms with E-state index in [1.54, 1.807) is 0 Å². The molecule has 2 heterocycles. The van der Waals surface area contributed by atoms with Gasteiger partial charge in [0.25, 0.3) is 0 Å². The molecule has 0 aliphatic heterocycles. The molecule has 0 radical (unpaired) electrons. The molecule has 3 nitrogen and oxygen atoms in total. The first kappa shape index (κ1) is 23.6. The minimum Gasteiger partial charge on any atom is -0.330 e. The number of hydrogen-bond donors (Lipinski definition) is 0. The zero-order chi connectivity index (χ0) is 20.4. The highest BCUT2D eigenvalue weighted by Crippen LogP contribution is 2.16. The minimum atomic E-state index is 0.967. The van der Waals surface area contributed by atoms with Crippen molar-refractivity contribution >= 4 is 0 Å². The molecule has 0 saturated heterocycles. The molecule has 0 bridgehead atoms. The highest BCUT2D eigenvalue weighted by molar-refractivity contribution is 5.48. The van der Waals surface area contributed by atoms with Crippen molar-refractivity contribution in [2.24, 2.45) is 0 Å². The minimum absolute atomic E-state index is 0.967. The lowest BCUT2D eigenvalue weighted by Gasteiger charge is -2.07. The van der Waals surface area contributed by atoms with Crippen molar-refractivity contribution in [1.82, 2.24) is 14.5 Å². The van der Waals surface area contributed by atoms with Gasteiger partial charge in [0, 0.05) is 25.1 Å². The van der Waals surface area contributed by atoms with E-state index in [9.17, 15) is 0 Å². The molecular weight excluding hydrogens is 354 g/mol. The monoisotopic (exact) mass is 397 g/mol. The largest absolute Gasteiger partial charge is 0.330 e. The van der Waals surface area contributed by atoms with E-state index in [1.165, 1.54) is 103 Å². The number of hydrogen-bond acceptors (Lipinski definition) is 2. The predicted octanol–water partition coefficient (Wildman–Crippen LogP) is 8.21. The van der Waals surface area contributed by atoms with E-state index < -0.39 is 0 Å². The van der Waals surface area contributed by atoms with Crippen LogP contribution < -0.4 is 0 Å². The Morgan fingerprint density at radius 3 is 1.69 bits per heavy atom. The van der Waals surface area contributed by atoms with Gasteiger partial charge in [-0.25, -0.2) is 4.98 Å². The molecule has 2 aromatic heterocycles. The van der Waals surface area contributed by atoms with Crippen LogP contribution in [-0.4, -0.2) is 14.5 Å². The fourth-order valence-corrected chi connectivity index (χ4v) is 4.05. The van der Waals surface area contributed by atoms with Gasteiger partial charge in [-0.3, -0.25) is 4.98 Å². The molecule has 3 heteroatoms. The molecule has 0 unspecified atom stereocenters. The molecule has 0 saturated carbocycles. The molecule has 0 N–H and O–H groups in total. The summed E-state index contributed by atoms with van der Waals surface area (Å²) in [5.41, 5.74) is 0.967. The standard InChI is InChI=1S/C26H43N3/c1-2-3-4-5-6-7-8-9-10-11-12-13-14-15-16-19-23-29-24-22-28-26(29)25-20-17-18-21-27-25/h17-18,20-22,24H,2-16,19,23H2,1H3. The average Bonchev–Trinajstić information content (AvgIpc) is 3.22. The summed E-state index contributed by atoms with van der Waals surface area (Å²) in [6.07, 6.45) is 28.4. The second-order valence-electron chi connectivity index (χ2n) is 8.46. The van der Waals surface area contributed by atoms with Crippen molar-refractivity contribution in [1.29, 1.82) is 0 Å². The van der Waals surface area contributed by atoms with Gasteiger partial charge in [0.05, 0.1) is 0 Å². The number of aromatic nitrogens is 3. The summed E-state index contributed by atoms with van der Waals surface area (Å²) in [7, 11) is 0. The van der Waals surface area contributed by atoms with Gasteiger partial charge < -0.3 is 4.57 Å². The fourth-order valence-electron chi connectivity index (χ4n) is 4.05. The molecule has 2 rings (SSSR count). The van der Waals surface area contributed by atoms with Crippen molar-refractivity contribution in [2.45, 2.75) is 116 Å². The Bertz CT molecular complexity index is 605. The first-order chi connectivity index (χ1) is 14.4. The zero-order valence-electron chi connectivity index (χ0n) is 18.8. The summed E-state index contributed by atoms with van der Waals surface area (Å²) in [6.45, 7) is 3.34. The summed E-state index contributed by atoms with van der Waals surface area (Å²) < 4.78 is 2.24. The van der Waals surface area contributed by atoms with Crippen molar-refractivity contribution in [3.8, 4) is 11.5 Å². The summed E-state index contributed by atoms with van der Waals surface area (Å²) in [5.74, 6) is 0.992. The van der Waals surface area contributed by atoms with Crippen LogP contribution in [0.5, 0.6) is 0 Å². The molecule has 0 aromatic carbocycles. The number of aryl methyl sites for hydroxylation is 1. The lowest BCUT2D eigenvalue weighted by Crippen LogP contribution is -2.00. The van der Waals surface area contributed by atoms with Gasteiger partial charge in [-0.15, -0.1) is 0 Å². The van der Waals surface area contributed by atoms with E-state index in [2.05, 4.69) is 27.7 Å². The van der Waals surface area contributed by atoms with E-state index in [-0.39, 0.29) is 0 Å². The molecule has 29 heavy (non-hydrogen) atoms. The number of pyridine rings is 1. The van der Waals surface area contributed by atoms with Gasteiger partial charge >= 0.3 is 0 Å². The summed E-state index contributed by atoms with van der Waals surface area (Å²) >= 11 is 0. The van der Waals surface area contributed by atoms with E-state index in [1.807, 2.05) is 30.6 Å². The quantitative estimate of drug-likeness (QED) is 0.237. The number of imidazole rings is 1. The van der Waals surface area contributed by atoms with Gasteiger partial charge in [0.1, 0.15) is 5.69 Å². The third kappa shape index (κ3) is 10.6. The molecule has 0 aliphatic carbocycles. The second kappa shape index (κ2) is 16.2. The predicted molar refractivity (Wildman–Crippen MR) is 125 cm³/mol. The Labute approximate surface area is 179 Å². The molecule has 2 aromatic rings. The van der Waals surface area contributed by atoms with E-state index in [4.69, 9.17) is 0 Å². The van der Waals surface area contributed by atoms with Crippen molar-refractivity contribution in [3.63, 3.8) is 0 Å². The third-order valence-electron chi connectivity index (χ3n) is 5.86. The smallest absolute Gasteiger partial charge is 0.158 e. The molecule has 0 aliphatic rings. The second-order valence-corrected chi connectivity index (χ2v) is 8.46. The maximum Gasteiger partial charge on any atom is 0.158 e. The summed E-state index contributed by atoms with van der Waals surface area (Å²) in [4.78, 5) is 8.90. The van der Waals surface area contributed by atoms with Crippen LogP contribution in [0.1, 0.15) is 110 Å². The zero-order valence-corrected chi connectivity index (χ0v) is 18.8. The van der Waals surface area contributed by atoms with Crippen LogP contribution >= 0.6 is 0 Å². The van der Waals surface area contributed by atoms with Gasteiger partial charge in [0.15, 0.2) is 5.82 Å². The molecule has 0 spiro atoms. The average molecular weight is 398 g/mol. The Morgan fingerprint density at radius 1 is 0.621 bits per heavy atom. The maximum atomic E-state index is 4.48. The number of unbranched alkanes of at least 4 members (excludes halogenated alkanes) is 15. The first-order valence-corrected chi connectivity index (χ1v) is 12.3. The lowest BCUT2D eigenvalue weighted by atomic mass is 10.0. The van der Waals surface area contributed by atoms with Gasteiger partial charge in [0.2, 0.25) is 0 Å². The Morgan fingerprint density at radius 2 is 1.17 bits per heavy atom. The van der Waals surface area contributed by atoms with Crippen LogP contribution in [0.4, 0.5) is 0 Å². The Hall–Kier alpha value is -1.64. The molecule has 0 atom stereocenters. The fraction of sp³-hybridized carbons (Fsp3) is 0.692. The van der Waals surface area contributed by atoms with Crippen LogP contribution in [0.3, 0.4) is 0 Å².